The van der Waals surface area contributed by atoms with Crippen LogP contribution >= 0.6 is 0 Å². The Labute approximate surface area is 257 Å². The van der Waals surface area contributed by atoms with Crippen molar-refractivity contribution in [3.63, 3.8) is 0 Å². The molecule has 0 aliphatic rings. The third-order valence-electron chi connectivity index (χ3n) is 8.14. The van der Waals surface area contributed by atoms with Crippen molar-refractivity contribution in [2.45, 2.75) is 83.4 Å². The van der Waals surface area contributed by atoms with Gasteiger partial charge in [0.15, 0.2) is 8.32 Å². The number of benzene rings is 3. The molecule has 0 fully saturated rings. The summed E-state index contributed by atoms with van der Waals surface area (Å²) in [5, 5.41) is 2.13. The van der Waals surface area contributed by atoms with Gasteiger partial charge in [-0.1, -0.05) is 114 Å². The monoisotopic (exact) mass is 624 g/mol. The van der Waals surface area contributed by atoms with Crippen LogP contribution in [-0.4, -0.2) is 41.3 Å². The number of ketones is 1. The van der Waals surface area contributed by atoms with Crippen molar-refractivity contribution in [3.05, 3.63) is 96.1 Å². The number of Topliss-reactive ketones (excluding diaryl/α,β-unsaturated/α-hetero) is 1. The Bertz CT molecular complexity index is 1370. The second-order valence-corrected chi connectivity index (χ2v) is 22.4. The molecule has 43 heavy (non-hydrogen) atoms. The number of carbonyl (C=O) groups is 1. The molecule has 0 unspecified atom stereocenters. The number of carbonyl (C=O) groups excluding carboxylic acids is 1. The second kappa shape index (κ2) is 13.4. The van der Waals surface area contributed by atoms with E-state index in [0.717, 1.165) is 12.1 Å². The van der Waals surface area contributed by atoms with E-state index in [1.54, 1.807) is 0 Å². The minimum Gasteiger partial charge on any atom is -0.411 e. The van der Waals surface area contributed by atoms with Crippen molar-refractivity contribution >= 4 is 32.8 Å². The van der Waals surface area contributed by atoms with E-state index in [1.165, 1.54) is 22.5 Å². The largest absolute Gasteiger partial charge is 0.454 e. The van der Waals surface area contributed by atoms with Crippen LogP contribution in [0.15, 0.2) is 84.9 Å². The lowest BCUT2D eigenvalue weighted by molar-refractivity contribution is -0.0885. The molecule has 8 heteroatoms. The van der Waals surface area contributed by atoms with Crippen LogP contribution in [0, 0.1) is 11.8 Å². The van der Waals surface area contributed by atoms with Gasteiger partial charge in [-0.2, -0.15) is 13.2 Å². The summed E-state index contributed by atoms with van der Waals surface area (Å²) in [6, 6.07) is 26.1. The molecule has 0 amide bonds. The van der Waals surface area contributed by atoms with Gasteiger partial charge in [-0.25, -0.2) is 0 Å². The highest BCUT2D eigenvalue weighted by atomic mass is 28.4. The Hall–Kier alpha value is -2.97. The maximum Gasteiger partial charge on any atom is 0.454 e. The molecule has 3 nitrogen and oxygen atoms in total. The first-order valence-corrected chi connectivity index (χ1v) is 19.3. The average Bonchev–Trinajstić information content (AvgIpc) is 2.92. The molecule has 0 bridgehead atoms. The van der Waals surface area contributed by atoms with Gasteiger partial charge in [0.1, 0.15) is 0 Å². The fourth-order valence-electron chi connectivity index (χ4n) is 4.84. The van der Waals surface area contributed by atoms with Crippen LogP contribution in [0.25, 0.3) is 0 Å². The number of alkyl halides is 3. The van der Waals surface area contributed by atoms with Crippen LogP contribution in [0.2, 0.25) is 23.2 Å². The molecule has 0 N–H and O–H groups in total. The molecular weight excluding hydrogens is 582 g/mol. The lowest BCUT2D eigenvalue weighted by Gasteiger charge is -2.45. The standard InChI is InChI=1S/C35H43F3O3Si2/c1-33(2,3)42(7,8)41-29(17-15-16-27-22-24-28(25-23-27)32(39)35(36,37)38)26-40-43(34(4,5)6,30-18-11-9-12-19-30)31-20-13-10-14-21-31/h9-14,18-25,29H,17,26H2,1-8H3/t29-/m0/s1. The van der Waals surface area contributed by atoms with E-state index in [1.807, 2.05) is 12.1 Å². The molecule has 0 aromatic heterocycles. The van der Waals surface area contributed by atoms with Crippen molar-refractivity contribution in [1.82, 2.24) is 0 Å². The van der Waals surface area contributed by atoms with Gasteiger partial charge in [-0.05, 0) is 57.8 Å². The third-order valence-corrected chi connectivity index (χ3v) is 17.7. The smallest absolute Gasteiger partial charge is 0.411 e. The number of rotatable bonds is 9. The van der Waals surface area contributed by atoms with E-state index in [2.05, 4.69) is 115 Å². The van der Waals surface area contributed by atoms with Crippen molar-refractivity contribution in [2.75, 3.05) is 6.61 Å². The third kappa shape index (κ3) is 8.36. The first kappa shape index (κ1) is 34.5. The molecule has 1 atom stereocenters. The molecule has 0 saturated carbocycles. The van der Waals surface area contributed by atoms with Crippen LogP contribution < -0.4 is 10.4 Å². The fourth-order valence-corrected chi connectivity index (χ4v) is 10.8. The number of hydrogen-bond donors (Lipinski definition) is 0. The molecule has 3 rings (SSSR count). The highest BCUT2D eigenvalue weighted by Crippen LogP contribution is 2.39. The predicted molar refractivity (Wildman–Crippen MR) is 174 cm³/mol. The maximum atomic E-state index is 12.8. The topological polar surface area (TPSA) is 35.5 Å². The van der Waals surface area contributed by atoms with Gasteiger partial charge in [0.2, 0.25) is 0 Å². The van der Waals surface area contributed by atoms with Gasteiger partial charge in [0.05, 0.1) is 12.7 Å². The Morgan fingerprint density at radius 3 is 1.67 bits per heavy atom. The first-order valence-electron chi connectivity index (χ1n) is 14.5. The summed E-state index contributed by atoms with van der Waals surface area (Å²) in [7, 11) is -5.02. The second-order valence-electron chi connectivity index (χ2n) is 13.4. The van der Waals surface area contributed by atoms with Gasteiger partial charge in [-0.15, -0.1) is 0 Å². The maximum absolute atomic E-state index is 12.8. The van der Waals surface area contributed by atoms with Crippen LogP contribution in [0.5, 0.6) is 0 Å². The van der Waals surface area contributed by atoms with E-state index < -0.39 is 34.2 Å². The van der Waals surface area contributed by atoms with Gasteiger partial charge < -0.3 is 8.85 Å². The highest BCUT2D eigenvalue weighted by Gasteiger charge is 2.51. The number of hydrogen-bond acceptors (Lipinski definition) is 3. The molecule has 230 valence electrons. The predicted octanol–water partition coefficient (Wildman–Crippen LogP) is 8.14. The lowest BCUT2D eigenvalue weighted by Crippen LogP contribution is -2.67. The summed E-state index contributed by atoms with van der Waals surface area (Å²) in [6.07, 6.45) is -4.85. The summed E-state index contributed by atoms with van der Waals surface area (Å²) >= 11 is 0. The molecule has 0 aliphatic heterocycles. The molecule has 0 heterocycles. The summed E-state index contributed by atoms with van der Waals surface area (Å²) in [4.78, 5) is 11.5. The SMILES string of the molecule is CC(C)(C)[Si](C)(C)O[C@@H](CC#Cc1ccc(C(=O)C(F)(F)F)cc1)CO[Si](c1ccccc1)(c1ccccc1)C(C)(C)C. The normalized spacial score (nSPS) is 13.7. The zero-order chi connectivity index (χ0) is 32.1. The van der Waals surface area contributed by atoms with E-state index >= 15 is 0 Å². The van der Waals surface area contributed by atoms with E-state index in [-0.39, 0.29) is 16.2 Å². The Kier molecular flexibility index (Phi) is 10.7. The zero-order valence-electron chi connectivity index (χ0n) is 26.4. The Morgan fingerprint density at radius 1 is 0.767 bits per heavy atom. The van der Waals surface area contributed by atoms with E-state index in [9.17, 15) is 18.0 Å². The van der Waals surface area contributed by atoms with Crippen molar-refractivity contribution < 1.29 is 26.8 Å². The van der Waals surface area contributed by atoms with E-state index in [0.29, 0.717) is 18.6 Å². The minimum atomic E-state index is -4.91. The van der Waals surface area contributed by atoms with Crippen molar-refractivity contribution in [1.29, 1.82) is 0 Å². The Balaban J connectivity index is 1.96. The summed E-state index contributed by atoms with van der Waals surface area (Å²) in [5.41, 5.74) is 0.119. The van der Waals surface area contributed by atoms with Crippen LogP contribution in [0.1, 0.15) is 63.9 Å². The first-order chi connectivity index (χ1) is 19.9. The van der Waals surface area contributed by atoms with Crippen LogP contribution in [0.4, 0.5) is 13.2 Å². The average molecular weight is 625 g/mol. The molecular formula is C35H43F3O3Si2. The van der Waals surface area contributed by atoms with E-state index in [4.69, 9.17) is 8.85 Å². The summed E-state index contributed by atoms with van der Waals surface area (Å²) in [5.74, 6) is 4.36. The molecule has 0 spiro atoms. The molecule has 3 aromatic carbocycles. The molecule has 0 saturated heterocycles. The minimum absolute atomic E-state index is 0.0308. The highest BCUT2D eigenvalue weighted by molar-refractivity contribution is 6.99. The summed E-state index contributed by atoms with van der Waals surface area (Å²) in [6.45, 7) is 18.0. The lowest BCUT2D eigenvalue weighted by atomic mass is 10.1. The molecule has 0 radical (unpaired) electrons. The van der Waals surface area contributed by atoms with Gasteiger partial charge in [0.25, 0.3) is 14.1 Å². The number of halogens is 3. The fraction of sp³-hybridized carbons (Fsp3) is 0.400. The molecule has 3 aromatic rings. The van der Waals surface area contributed by atoms with Gasteiger partial charge >= 0.3 is 6.18 Å². The summed E-state index contributed by atoms with van der Waals surface area (Å²) < 4.78 is 52.4. The van der Waals surface area contributed by atoms with Crippen molar-refractivity contribution in [2.24, 2.45) is 0 Å². The molecule has 0 aliphatic carbocycles. The zero-order valence-corrected chi connectivity index (χ0v) is 28.4. The van der Waals surface area contributed by atoms with Gasteiger partial charge in [0, 0.05) is 17.5 Å². The quantitative estimate of drug-likeness (QED) is 0.137. The van der Waals surface area contributed by atoms with Crippen molar-refractivity contribution in [3.8, 4) is 11.8 Å². The van der Waals surface area contributed by atoms with Crippen LogP contribution in [0.3, 0.4) is 0 Å². The Morgan fingerprint density at radius 2 is 1.26 bits per heavy atom. The van der Waals surface area contributed by atoms with Gasteiger partial charge in [-0.3, -0.25) is 4.79 Å². The van der Waals surface area contributed by atoms with Crippen LogP contribution in [-0.2, 0) is 8.85 Å².